The second-order valence-electron chi connectivity index (χ2n) is 5.75. The predicted molar refractivity (Wildman–Crippen MR) is 109 cm³/mol. The summed E-state index contributed by atoms with van der Waals surface area (Å²) in [6.45, 7) is 1.65. The van der Waals surface area contributed by atoms with E-state index in [1.165, 1.54) is 17.7 Å². The molecule has 9 heteroatoms. The topological polar surface area (TPSA) is 83.8 Å². The van der Waals surface area contributed by atoms with Crippen LogP contribution in [-0.2, 0) is 0 Å². The highest BCUT2D eigenvalue weighted by Crippen LogP contribution is 2.40. The summed E-state index contributed by atoms with van der Waals surface area (Å²) < 4.78 is 0.848. The van der Waals surface area contributed by atoms with Crippen molar-refractivity contribution in [1.29, 1.82) is 0 Å². The van der Waals surface area contributed by atoms with Crippen LogP contribution in [0.15, 0.2) is 42.9 Å². The van der Waals surface area contributed by atoms with Crippen LogP contribution in [0.2, 0.25) is 10.0 Å². The Morgan fingerprint density at radius 3 is 2.63 bits per heavy atom. The molecule has 6 nitrogen and oxygen atoms in total. The highest BCUT2D eigenvalue weighted by atomic mass is 35.5. The number of hydrogen-bond donors (Lipinski definition) is 2. The molecule has 4 rings (SSSR count). The molecule has 1 atom stereocenters. The minimum Gasteiger partial charge on any atom is -0.387 e. The maximum atomic E-state index is 9.70. The van der Waals surface area contributed by atoms with E-state index in [9.17, 15) is 5.11 Å². The Bertz CT molecular complexity index is 1110. The largest absolute Gasteiger partial charge is 0.387 e. The fourth-order valence-electron chi connectivity index (χ4n) is 2.54. The van der Waals surface area contributed by atoms with Crippen molar-refractivity contribution >= 4 is 56.4 Å². The molecule has 0 aliphatic carbocycles. The number of thiazole rings is 1. The summed E-state index contributed by atoms with van der Waals surface area (Å²) >= 11 is 14.1. The Hall–Kier alpha value is -2.32. The number of benzene rings is 1. The van der Waals surface area contributed by atoms with Crippen LogP contribution in [0, 0.1) is 0 Å². The SMILES string of the molecule is C[C@H](O)c1cc(Nc2nccc3nc(-c4c(Cl)cccc4Cl)sc23)ncn1. The van der Waals surface area contributed by atoms with Gasteiger partial charge in [-0.3, -0.25) is 0 Å². The lowest BCUT2D eigenvalue weighted by molar-refractivity contribution is 0.194. The Morgan fingerprint density at radius 1 is 1.11 bits per heavy atom. The van der Waals surface area contributed by atoms with Gasteiger partial charge in [0.25, 0.3) is 0 Å². The van der Waals surface area contributed by atoms with Gasteiger partial charge in [-0.1, -0.05) is 29.3 Å². The molecule has 0 fully saturated rings. The molecule has 0 spiro atoms. The predicted octanol–water partition coefficient (Wildman–Crippen LogP) is 5.25. The summed E-state index contributed by atoms with van der Waals surface area (Å²) in [5, 5.41) is 14.7. The van der Waals surface area contributed by atoms with Crippen molar-refractivity contribution in [1.82, 2.24) is 19.9 Å². The van der Waals surface area contributed by atoms with Crippen molar-refractivity contribution in [3.05, 3.63) is 58.6 Å². The van der Waals surface area contributed by atoms with Crippen LogP contribution < -0.4 is 5.32 Å². The Kier molecular flexibility index (Phi) is 4.92. The van der Waals surface area contributed by atoms with Crippen molar-refractivity contribution < 1.29 is 5.11 Å². The summed E-state index contributed by atoms with van der Waals surface area (Å²) in [6.07, 6.45) is 2.38. The van der Waals surface area contributed by atoms with Crippen LogP contribution in [0.25, 0.3) is 20.8 Å². The number of rotatable bonds is 4. The molecular weight excluding hydrogens is 405 g/mol. The number of nitrogens with one attached hydrogen (secondary N) is 1. The molecule has 136 valence electrons. The van der Waals surface area contributed by atoms with Gasteiger partial charge in [0.1, 0.15) is 17.2 Å². The average molecular weight is 418 g/mol. The van der Waals surface area contributed by atoms with E-state index in [1.807, 2.05) is 6.07 Å². The minimum absolute atomic E-state index is 0.521. The first-order valence-corrected chi connectivity index (χ1v) is 9.57. The normalized spacial score (nSPS) is 12.3. The molecule has 0 saturated heterocycles. The molecule has 4 aromatic rings. The number of halogens is 2. The zero-order chi connectivity index (χ0) is 19.0. The highest BCUT2D eigenvalue weighted by Gasteiger charge is 2.16. The van der Waals surface area contributed by atoms with Crippen molar-refractivity contribution in [2.45, 2.75) is 13.0 Å². The van der Waals surface area contributed by atoms with Gasteiger partial charge in [-0.05, 0) is 25.1 Å². The maximum absolute atomic E-state index is 9.70. The molecule has 0 amide bonds. The number of pyridine rings is 1. The third-order valence-electron chi connectivity index (χ3n) is 3.84. The van der Waals surface area contributed by atoms with Crippen molar-refractivity contribution in [2.24, 2.45) is 0 Å². The fraction of sp³-hybridized carbons (Fsp3) is 0.111. The lowest BCUT2D eigenvalue weighted by Crippen LogP contribution is -2.01. The molecule has 0 radical (unpaired) electrons. The number of nitrogens with zero attached hydrogens (tertiary/aromatic N) is 4. The number of fused-ring (bicyclic) bond motifs is 1. The third kappa shape index (κ3) is 3.59. The van der Waals surface area contributed by atoms with E-state index in [2.05, 4.69) is 25.3 Å². The average Bonchev–Trinajstić information content (AvgIpc) is 3.06. The van der Waals surface area contributed by atoms with Gasteiger partial charge in [-0.15, -0.1) is 11.3 Å². The second kappa shape index (κ2) is 7.36. The first-order chi connectivity index (χ1) is 13.0. The maximum Gasteiger partial charge on any atom is 0.151 e. The highest BCUT2D eigenvalue weighted by molar-refractivity contribution is 7.22. The Balaban J connectivity index is 1.77. The fourth-order valence-corrected chi connectivity index (χ4v) is 4.31. The van der Waals surface area contributed by atoms with Gasteiger partial charge >= 0.3 is 0 Å². The summed E-state index contributed by atoms with van der Waals surface area (Å²) in [7, 11) is 0. The molecule has 3 aromatic heterocycles. The number of aliphatic hydroxyl groups is 1. The molecule has 2 N–H and O–H groups in total. The van der Waals surface area contributed by atoms with Gasteiger partial charge in [0.05, 0.1) is 32.1 Å². The zero-order valence-corrected chi connectivity index (χ0v) is 16.3. The van der Waals surface area contributed by atoms with E-state index in [4.69, 9.17) is 23.2 Å². The van der Waals surface area contributed by atoms with Crippen molar-refractivity contribution in [3.63, 3.8) is 0 Å². The van der Waals surface area contributed by atoms with Gasteiger partial charge < -0.3 is 10.4 Å². The Morgan fingerprint density at radius 2 is 1.89 bits per heavy atom. The molecule has 27 heavy (non-hydrogen) atoms. The molecule has 0 aliphatic heterocycles. The van der Waals surface area contributed by atoms with Crippen LogP contribution in [0.5, 0.6) is 0 Å². The van der Waals surface area contributed by atoms with Crippen molar-refractivity contribution in [2.75, 3.05) is 5.32 Å². The molecule has 3 heterocycles. The molecule has 1 aromatic carbocycles. The summed E-state index contributed by atoms with van der Waals surface area (Å²) in [4.78, 5) is 17.3. The molecule has 0 bridgehead atoms. The summed E-state index contributed by atoms with van der Waals surface area (Å²) in [5.41, 5.74) is 1.99. The van der Waals surface area contributed by atoms with E-state index in [-0.39, 0.29) is 0 Å². The van der Waals surface area contributed by atoms with Crippen LogP contribution >= 0.6 is 34.5 Å². The number of anilines is 2. The van der Waals surface area contributed by atoms with Crippen LogP contribution in [0.4, 0.5) is 11.6 Å². The zero-order valence-electron chi connectivity index (χ0n) is 14.0. The quantitative estimate of drug-likeness (QED) is 0.471. The van der Waals surface area contributed by atoms with Gasteiger partial charge in [0.2, 0.25) is 0 Å². The van der Waals surface area contributed by atoms with Crippen LogP contribution in [-0.4, -0.2) is 25.0 Å². The van der Waals surface area contributed by atoms with Gasteiger partial charge in [-0.2, -0.15) is 0 Å². The first-order valence-electron chi connectivity index (χ1n) is 8.00. The van der Waals surface area contributed by atoms with Gasteiger partial charge in [0.15, 0.2) is 5.82 Å². The van der Waals surface area contributed by atoms with E-state index in [1.54, 1.807) is 37.4 Å². The minimum atomic E-state index is -0.685. The third-order valence-corrected chi connectivity index (χ3v) is 5.57. The standard InChI is InChI=1S/C18H13Cl2N5OS/c1-9(26)13-7-14(23-8-22-13)25-17-16-12(5-6-21-17)24-18(27-16)15-10(19)3-2-4-11(15)20/h2-9,26H,1H3,(H,21,22,23,25)/t9-/m0/s1. The molecule has 0 unspecified atom stereocenters. The molecule has 0 aliphatic rings. The van der Waals surface area contributed by atoms with E-state index < -0.39 is 6.10 Å². The lowest BCUT2D eigenvalue weighted by Gasteiger charge is -2.08. The molecule has 0 saturated carbocycles. The van der Waals surface area contributed by atoms with Crippen LogP contribution in [0.3, 0.4) is 0 Å². The van der Waals surface area contributed by atoms with E-state index in [0.717, 1.165) is 10.2 Å². The van der Waals surface area contributed by atoms with Crippen LogP contribution in [0.1, 0.15) is 18.7 Å². The summed E-state index contributed by atoms with van der Waals surface area (Å²) in [6, 6.07) is 8.87. The summed E-state index contributed by atoms with van der Waals surface area (Å²) in [5.74, 6) is 1.14. The smallest absolute Gasteiger partial charge is 0.151 e. The van der Waals surface area contributed by atoms with Gasteiger partial charge in [-0.25, -0.2) is 19.9 Å². The second-order valence-corrected chi connectivity index (χ2v) is 7.57. The monoisotopic (exact) mass is 417 g/mol. The van der Waals surface area contributed by atoms with Crippen molar-refractivity contribution in [3.8, 4) is 10.6 Å². The van der Waals surface area contributed by atoms with Gasteiger partial charge in [0, 0.05) is 17.8 Å². The number of hydrogen-bond acceptors (Lipinski definition) is 7. The molecular formula is C18H13Cl2N5OS. The van der Waals surface area contributed by atoms with E-state index in [0.29, 0.717) is 37.9 Å². The van der Waals surface area contributed by atoms with E-state index >= 15 is 0 Å². The lowest BCUT2D eigenvalue weighted by atomic mass is 10.2. The Labute approximate surface area is 168 Å². The first kappa shape index (κ1) is 18.1. The number of aromatic nitrogens is 4. The number of aliphatic hydroxyl groups excluding tert-OH is 1.